The third-order valence-electron chi connectivity index (χ3n) is 4.63. The quantitative estimate of drug-likeness (QED) is 0.923. The maximum atomic E-state index is 13.6. The fourth-order valence-electron chi connectivity index (χ4n) is 3.33. The van der Waals surface area contributed by atoms with Crippen LogP contribution in [0.15, 0.2) is 48.5 Å². The van der Waals surface area contributed by atoms with Gasteiger partial charge < -0.3 is 10.0 Å². The summed E-state index contributed by atoms with van der Waals surface area (Å²) in [7, 11) is 0. The van der Waals surface area contributed by atoms with Crippen molar-refractivity contribution in [2.24, 2.45) is 0 Å². The molecule has 3 nitrogen and oxygen atoms in total. The summed E-state index contributed by atoms with van der Waals surface area (Å²) in [5.74, 6) is -0.299. The fraction of sp³-hybridized carbons (Fsp3) is 0.350. The van der Waals surface area contributed by atoms with Crippen molar-refractivity contribution in [2.75, 3.05) is 6.54 Å². The average molecular weight is 327 g/mol. The highest BCUT2D eigenvalue weighted by Crippen LogP contribution is 2.31. The number of benzene rings is 2. The fourth-order valence-corrected chi connectivity index (χ4v) is 3.33. The molecular weight excluding hydrogens is 305 g/mol. The van der Waals surface area contributed by atoms with Crippen molar-refractivity contribution < 1.29 is 14.3 Å². The van der Waals surface area contributed by atoms with E-state index in [2.05, 4.69) is 0 Å². The molecule has 4 heteroatoms. The van der Waals surface area contributed by atoms with E-state index in [0.717, 1.165) is 36.8 Å². The molecule has 1 amide bonds. The minimum Gasteiger partial charge on any atom is -0.392 e. The molecule has 1 saturated heterocycles. The van der Waals surface area contributed by atoms with E-state index in [0.29, 0.717) is 12.1 Å². The molecule has 1 aliphatic heterocycles. The summed E-state index contributed by atoms with van der Waals surface area (Å²) in [6.45, 7) is 0.645. The Morgan fingerprint density at radius 3 is 2.62 bits per heavy atom. The Morgan fingerprint density at radius 1 is 1.12 bits per heavy atom. The van der Waals surface area contributed by atoms with Gasteiger partial charge in [0.2, 0.25) is 0 Å². The van der Waals surface area contributed by atoms with Crippen LogP contribution in [0.25, 0.3) is 0 Å². The van der Waals surface area contributed by atoms with Crippen molar-refractivity contribution >= 4 is 5.91 Å². The zero-order chi connectivity index (χ0) is 16.9. The molecule has 24 heavy (non-hydrogen) atoms. The van der Waals surface area contributed by atoms with Crippen molar-refractivity contribution in [2.45, 2.75) is 38.3 Å². The Kier molecular flexibility index (Phi) is 5.26. The Morgan fingerprint density at radius 2 is 1.92 bits per heavy atom. The van der Waals surface area contributed by atoms with Crippen LogP contribution in [0.5, 0.6) is 0 Å². The number of aliphatic hydroxyl groups is 1. The standard InChI is InChI=1S/C20H22FNO2/c21-18-6-4-5-17(13-18)19-7-2-1-3-12-22(19)20(24)16-10-8-15(14-23)9-11-16/h4-6,8-11,13,19,23H,1-3,7,12,14H2. The van der Waals surface area contributed by atoms with E-state index in [1.807, 2.05) is 11.0 Å². The number of amides is 1. The third kappa shape index (κ3) is 3.65. The van der Waals surface area contributed by atoms with E-state index in [-0.39, 0.29) is 24.4 Å². The largest absolute Gasteiger partial charge is 0.392 e. The van der Waals surface area contributed by atoms with Gasteiger partial charge in [0.25, 0.3) is 5.91 Å². The molecule has 0 saturated carbocycles. The van der Waals surface area contributed by atoms with Gasteiger partial charge in [-0.3, -0.25) is 4.79 Å². The number of carbonyl (C=O) groups excluding carboxylic acids is 1. The summed E-state index contributed by atoms with van der Waals surface area (Å²) < 4.78 is 13.6. The Labute approximate surface area is 141 Å². The molecule has 1 unspecified atom stereocenters. The number of likely N-dealkylation sites (tertiary alicyclic amines) is 1. The number of hydrogen-bond donors (Lipinski definition) is 1. The van der Waals surface area contributed by atoms with Gasteiger partial charge in [-0.2, -0.15) is 0 Å². The topological polar surface area (TPSA) is 40.5 Å². The van der Waals surface area contributed by atoms with Crippen LogP contribution in [0.4, 0.5) is 4.39 Å². The Hall–Kier alpha value is -2.20. The van der Waals surface area contributed by atoms with Gasteiger partial charge in [0, 0.05) is 12.1 Å². The molecule has 0 aromatic heterocycles. The first-order valence-electron chi connectivity index (χ1n) is 8.45. The summed E-state index contributed by atoms with van der Waals surface area (Å²) >= 11 is 0. The zero-order valence-corrected chi connectivity index (χ0v) is 13.6. The predicted octanol–water partition coefficient (Wildman–Crippen LogP) is 4.08. The number of halogens is 1. The van der Waals surface area contributed by atoms with Gasteiger partial charge in [0.05, 0.1) is 12.6 Å². The van der Waals surface area contributed by atoms with E-state index < -0.39 is 0 Å². The second kappa shape index (κ2) is 7.58. The number of rotatable bonds is 3. The summed E-state index contributed by atoms with van der Waals surface area (Å²) in [6.07, 6.45) is 3.93. The molecule has 126 valence electrons. The molecule has 1 aliphatic rings. The van der Waals surface area contributed by atoms with Crippen LogP contribution < -0.4 is 0 Å². The van der Waals surface area contributed by atoms with Crippen LogP contribution in [-0.4, -0.2) is 22.5 Å². The molecular formula is C20H22FNO2. The van der Waals surface area contributed by atoms with Crippen molar-refractivity contribution in [1.82, 2.24) is 4.90 Å². The van der Waals surface area contributed by atoms with Crippen molar-refractivity contribution in [3.63, 3.8) is 0 Å². The smallest absolute Gasteiger partial charge is 0.254 e. The SMILES string of the molecule is O=C(c1ccc(CO)cc1)N1CCCCCC1c1cccc(F)c1. The summed E-state index contributed by atoms with van der Waals surface area (Å²) in [5, 5.41) is 9.14. The summed E-state index contributed by atoms with van der Waals surface area (Å²) in [5.41, 5.74) is 2.25. The van der Waals surface area contributed by atoms with E-state index in [9.17, 15) is 9.18 Å². The Balaban J connectivity index is 1.90. The van der Waals surface area contributed by atoms with Crippen molar-refractivity contribution in [1.29, 1.82) is 0 Å². The van der Waals surface area contributed by atoms with Crippen LogP contribution in [0, 0.1) is 5.82 Å². The van der Waals surface area contributed by atoms with Gasteiger partial charge in [-0.1, -0.05) is 37.1 Å². The lowest BCUT2D eigenvalue weighted by Crippen LogP contribution is -2.34. The predicted molar refractivity (Wildman–Crippen MR) is 91.0 cm³/mol. The normalized spacial score (nSPS) is 18.2. The number of aliphatic hydroxyl groups excluding tert-OH is 1. The van der Waals surface area contributed by atoms with Crippen LogP contribution in [0.2, 0.25) is 0 Å². The lowest BCUT2D eigenvalue weighted by Gasteiger charge is -2.30. The lowest BCUT2D eigenvalue weighted by atomic mass is 9.99. The minimum atomic E-state index is -0.267. The van der Waals surface area contributed by atoms with Crippen LogP contribution in [0.3, 0.4) is 0 Å². The first-order valence-corrected chi connectivity index (χ1v) is 8.45. The molecule has 1 N–H and O–H groups in total. The van der Waals surface area contributed by atoms with Crippen molar-refractivity contribution in [3.8, 4) is 0 Å². The van der Waals surface area contributed by atoms with E-state index in [1.54, 1.807) is 30.3 Å². The van der Waals surface area contributed by atoms with Gasteiger partial charge in [0.1, 0.15) is 5.82 Å². The molecule has 1 fully saturated rings. The lowest BCUT2D eigenvalue weighted by molar-refractivity contribution is 0.0680. The molecule has 0 bridgehead atoms. The first kappa shape index (κ1) is 16.7. The molecule has 0 aliphatic carbocycles. The maximum absolute atomic E-state index is 13.6. The summed E-state index contributed by atoms with van der Waals surface area (Å²) in [6, 6.07) is 13.5. The van der Waals surface area contributed by atoms with E-state index in [1.165, 1.54) is 12.1 Å². The zero-order valence-electron chi connectivity index (χ0n) is 13.6. The molecule has 1 heterocycles. The average Bonchev–Trinajstić information content (AvgIpc) is 2.87. The Bertz CT molecular complexity index is 699. The van der Waals surface area contributed by atoms with Crippen LogP contribution in [-0.2, 0) is 6.61 Å². The molecule has 0 radical (unpaired) electrons. The highest BCUT2D eigenvalue weighted by Gasteiger charge is 2.27. The van der Waals surface area contributed by atoms with E-state index >= 15 is 0 Å². The number of nitrogens with zero attached hydrogens (tertiary/aromatic N) is 1. The number of carbonyl (C=O) groups is 1. The molecule has 2 aromatic rings. The third-order valence-corrected chi connectivity index (χ3v) is 4.63. The number of hydrogen-bond acceptors (Lipinski definition) is 2. The molecule has 3 rings (SSSR count). The van der Waals surface area contributed by atoms with Gasteiger partial charge >= 0.3 is 0 Å². The van der Waals surface area contributed by atoms with Crippen molar-refractivity contribution in [3.05, 3.63) is 71.0 Å². The van der Waals surface area contributed by atoms with Gasteiger partial charge in [-0.05, 0) is 48.2 Å². The minimum absolute atomic E-state index is 0.0318. The maximum Gasteiger partial charge on any atom is 0.254 e. The second-order valence-corrected chi connectivity index (χ2v) is 6.27. The monoisotopic (exact) mass is 327 g/mol. The first-order chi connectivity index (χ1) is 11.7. The van der Waals surface area contributed by atoms with Crippen LogP contribution in [0.1, 0.15) is 53.2 Å². The molecule has 1 atom stereocenters. The van der Waals surface area contributed by atoms with Gasteiger partial charge in [-0.15, -0.1) is 0 Å². The second-order valence-electron chi connectivity index (χ2n) is 6.27. The van der Waals surface area contributed by atoms with Gasteiger partial charge in [0.15, 0.2) is 0 Å². The van der Waals surface area contributed by atoms with Crippen LogP contribution >= 0.6 is 0 Å². The molecule has 2 aromatic carbocycles. The highest BCUT2D eigenvalue weighted by atomic mass is 19.1. The summed E-state index contributed by atoms with van der Waals surface area (Å²) in [4.78, 5) is 14.9. The highest BCUT2D eigenvalue weighted by molar-refractivity contribution is 5.94. The van der Waals surface area contributed by atoms with E-state index in [4.69, 9.17) is 5.11 Å². The molecule has 0 spiro atoms. The van der Waals surface area contributed by atoms with Gasteiger partial charge in [-0.25, -0.2) is 4.39 Å².